The average molecular weight is 518 g/mol. The third kappa shape index (κ3) is 4.98. The number of methoxy groups -OCH3 is 2. The van der Waals surface area contributed by atoms with E-state index >= 15 is 0 Å². The number of aromatic nitrogens is 2. The molecule has 34 heavy (non-hydrogen) atoms. The van der Waals surface area contributed by atoms with Crippen molar-refractivity contribution in [3.05, 3.63) is 71.5 Å². The fourth-order valence-corrected chi connectivity index (χ4v) is 5.72. The van der Waals surface area contributed by atoms with Crippen molar-refractivity contribution in [1.29, 1.82) is 0 Å². The SMILES string of the molecule is COc1ccc(S(=O)(=O)CC(=O)N(Cc2ccccn2)c2nc3c(OC)ccc(Cl)c3s2)cc1. The predicted molar refractivity (Wildman–Crippen MR) is 132 cm³/mol. The molecule has 2 heterocycles. The molecule has 11 heteroatoms. The molecule has 2 aromatic carbocycles. The van der Waals surface area contributed by atoms with Crippen molar-refractivity contribution in [2.75, 3.05) is 24.9 Å². The highest BCUT2D eigenvalue weighted by Gasteiger charge is 2.28. The van der Waals surface area contributed by atoms with Gasteiger partial charge in [-0.25, -0.2) is 13.4 Å². The van der Waals surface area contributed by atoms with E-state index in [2.05, 4.69) is 9.97 Å². The van der Waals surface area contributed by atoms with Crippen LogP contribution in [0, 0.1) is 0 Å². The van der Waals surface area contributed by atoms with Crippen LogP contribution < -0.4 is 14.4 Å². The van der Waals surface area contributed by atoms with Gasteiger partial charge >= 0.3 is 0 Å². The number of anilines is 1. The summed E-state index contributed by atoms with van der Waals surface area (Å²) in [6.45, 7) is 0.0392. The normalized spacial score (nSPS) is 11.4. The lowest BCUT2D eigenvalue weighted by molar-refractivity contribution is -0.116. The van der Waals surface area contributed by atoms with E-state index in [-0.39, 0.29) is 11.4 Å². The van der Waals surface area contributed by atoms with Gasteiger partial charge in [0.1, 0.15) is 22.8 Å². The Bertz CT molecular complexity index is 1420. The molecule has 0 spiro atoms. The van der Waals surface area contributed by atoms with E-state index in [0.717, 1.165) is 0 Å². The van der Waals surface area contributed by atoms with Gasteiger partial charge in [0.2, 0.25) is 5.91 Å². The van der Waals surface area contributed by atoms with Crippen molar-refractivity contribution in [2.45, 2.75) is 11.4 Å². The minimum Gasteiger partial charge on any atom is -0.497 e. The Morgan fingerprint density at radius 2 is 1.82 bits per heavy atom. The number of benzene rings is 2. The third-order valence-corrected chi connectivity index (χ3v) is 8.13. The zero-order valence-electron chi connectivity index (χ0n) is 18.3. The first-order valence-electron chi connectivity index (χ1n) is 10.0. The summed E-state index contributed by atoms with van der Waals surface area (Å²) < 4.78 is 37.1. The summed E-state index contributed by atoms with van der Waals surface area (Å²) in [5.41, 5.74) is 1.07. The van der Waals surface area contributed by atoms with Crippen molar-refractivity contribution in [2.24, 2.45) is 0 Å². The molecule has 1 amide bonds. The Kier molecular flexibility index (Phi) is 7.01. The van der Waals surface area contributed by atoms with Crippen LogP contribution in [-0.2, 0) is 21.2 Å². The number of hydrogen-bond acceptors (Lipinski definition) is 8. The lowest BCUT2D eigenvalue weighted by Gasteiger charge is -2.19. The molecule has 0 radical (unpaired) electrons. The Morgan fingerprint density at radius 3 is 2.47 bits per heavy atom. The number of pyridine rings is 1. The molecule has 0 fully saturated rings. The number of nitrogens with zero attached hydrogens (tertiary/aromatic N) is 3. The van der Waals surface area contributed by atoms with Crippen LogP contribution in [0.3, 0.4) is 0 Å². The summed E-state index contributed by atoms with van der Waals surface area (Å²) in [5, 5.41) is 0.748. The van der Waals surface area contributed by atoms with Crippen LogP contribution in [-0.4, -0.2) is 44.3 Å². The molecule has 4 aromatic rings. The Hall–Kier alpha value is -3.21. The van der Waals surface area contributed by atoms with Gasteiger partial charge in [-0.05, 0) is 48.5 Å². The van der Waals surface area contributed by atoms with Gasteiger partial charge in [-0.3, -0.25) is 14.7 Å². The van der Waals surface area contributed by atoms with Crippen molar-refractivity contribution >= 4 is 54.0 Å². The second-order valence-corrected chi connectivity index (χ2v) is 10.5. The standard InChI is InChI=1S/C23H20ClN3O5S2/c1-31-16-6-8-17(9-7-16)34(29,30)14-20(28)27(13-15-5-3-4-12-25-15)23-26-21-19(32-2)11-10-18(24)22(21)33-23/h3-12H,13-14H2,1-2H3. The molecule has 2 aromatic heterocycles. The van der Waals surface area contributed by atoms with Crippen molar-refractivity contribution in [3.8, 4) is 11.5 Å². The van der Waals surface area contributed by atoms with Crippen molar-refractivity contribution in [1.82, 2.24) is 9.97 Å². The second kappa shape index (κ2) is 9.96. The molecule has 4 rings (SSSR count). The van der Waals surface area contributed by atoms with E-state index in [0.29, 0.717) is 37.6 Å². The largest absolute Gasteiger partial charge is 0.497 e. The van der Waals surface area contributed by atoms with Gasteiger partial charge in [0.05, 0.1) is 41.1 Å². The molecular formula is C23H20ClN3O5S2. The van der Waals surface area contributed by atoms with Crippen molar-refractivity contribution in [3.63, 3.8) is 0 Å². The number of sulfone groups is 1. The van der Waals surface area contributed by atoms with Crippen LogP contribution in [0.1, 0.15) is 5.69 Å². The van der Waals surface area contributed by atoms with E-state index in [4.69, 9.17) is 21.1 Å². The number of halogens is 1. The van der Waals surface area contributed by atoms with Crippen LogP contribution in [0.4, 0.5) is 5.13 Å². The molecule has 0 unspecified atom stereocenters. The lowest BCUT2D eigenvalue weighted by Crippen LogP contribution is -2.35. The highest BCUT2D eigenvalue weighted by atomic mass is 35.5. The first-order valence-corrected chi connectivity index (χ1v) is 12.9. The molecule has 0 aliphatic rings. The van der Waals surface area contributed by atoms with E-state index in [9.17, 15) is 13.2 Å². The number of thiazole rings is 1. The smallest absolute Gasteiger partial charge is 0.244 e. The Balaban J connectivity index is 1.72. The van der Waals surface area contributed by atoms with Gasteiger partial charge in [0, 0.05) is 6.20 Å². The van der Waals surface area contributed by atoms with E-state index in [1.54, 1.807) is 36.5 Å². The quantitative estimate of drug-likeness (QED) is 0.342. The molecule has 176 valence electrons. The summed E-state index contributed by atoms with van der Waals surface area (Å²) in [7, 11) is -0.920. The summed E-state index contributed by atoms with van der Waals surface area (Å²) in [4.78, 5) is 23.5. The summed E-state index contributed by atoms with van der Waals surface area (Å²) >= 11 is 7.53. The number of ether oxygens (including phenoxy) is 2. The van der Waals surface area contributed by atoms with Crippen LogP contribution >= 0.6 is 22.9 Å². The van der Waals surface area contributed by atoms with E-state index < -0.39 is 21.5 Å². The first kappa shape index (κ1) is 23.9. The molecular weight excluding hydrogens is 498 g/mol. The summed E-state index contributed by atoms with van der Waals surface area (Å²) in [6, 6.07) is 14.6. The predicted octanol–water partition coefficient (Wildman–Crippen LogP) is 4.37. The number of rotatable bonds is 8. The molecule has 0 saturated carbocycles. The Labute approximate surface area is 205 Å². The molecule has 0 atom stereocenters. The van der Waals surface area contributed by atoms with Gasteiger partial charge < -0.3 is 9.47 Å². The number of amides is 1. The maximum absolute atomic E-state index is 13.4. The number of hydrogen-bond donors (Lipinski definition) is 0. The van der Waals surface area contributed by atoms with Crippen LogP contribution in [0.2, 0.25) is 5.02 Å². The Morgan fingerprint density at radius 1 is 1.06 bits per heavy atom. The maximum atomic E-state index is 13.4. The van der Waals surface area contributed by atoms with Crippen LogP contribution in [0.15, 0.2) is 65.7 Å². The number of carbonyl (C=O) groups is 1. The maximum Gasteiger partial charge on any atom is 0.244 e. The highest BCUT2D eigenvalue weighted by Crippen LogP contribution is 2.39. The minimum atomic E-state index is -3.92. The summed E-state index contributed by atoms with van der Waals surface area (Å²) in [5.74, 6) is -0.372. The zero-order chi connectivity index (χ0) is 24.3. The first-order chi connectivity index (χ1) is 16.3. The average Bonchev–Trinajstić information content (AvgIpc) is 3.29. The van der Waals surface area contributed by atoms with E-state index in [1.807, 2.05) is 0 Å². The molecule has 0 bridgehead atoms. The summed E-state index contributed by atoms with van der Waals surface area (Å²) in [6.07, 6.45) is 1.60. The zero-order valence-corrected chi connectivity index (χ0v) is 20.7. The molecule has 0 saturated heterocycles. The number of carbonyl (C=O) groups excluding carboxylic acids is 1. The second-order valence-electron chi connectivity index (χ2n) is 7.16. The minimum absolute atomic E-state index is 0.0217. The monoisotopic (exact) mass is 517 g/mol. The third-order valence-electron chi connectivity index (χ3n) is 4.98. The molecule has 0 aliphatic heterocycles. The van der Waals surface area contributed by atoms with Crippen molar-refractivity contribution < 1.29 is 22.7 Å². The van der Waals surface area contributed by atoms with Gasteiger partial charge in [-0.2, -0.15) is 0 Å². The highest BCUT2D eigenvalue weighted by molar-refractivity contribution is 7.92. The van der Waals surface area contributed by atoms with E-state index in [1.165, 1.54) is 54.7 Å². The van der Waals surface area contributed by atoms with Gasteiger partial charge in [-0.15, -0.1) is 0 Å². The van der Waals surface area contributed by atoms with Gasteiger partial charge in [-0.1, -0.05) is 29.0 Å². The molecule has 0 N–H and O–H groups in total. The lowest BCUT2D eigenvalue weighted by atomic mass is 10.3. The number of fused-ring (bicyclic) bond motifs is 1. The topological polar surface area (TPSA) is 98.7 Å². The molecule has 8 nitrogen and oxygen atoms in total. The fourth-order valence-electron chi connectivity index (χ4n) is 3.24. The van der Waals surface area contributed by atoms with Gasteiger partial charge in [0.25, 0.3) is 0 Å². The van der Waals surface area contributed by atoms with Crippen LogP contribution in [0.5, 0.6) is 11.5 Å². The molecule has 0 aliphatic carbocycles. The van der Waals surface area contributed by atoms with Crippen LogP contribution in [0.25, 0.3) is 10.2 Å². The fraction of sp³-hybridized carbons (Fsp3) is 0.174. The van der Waals surface area contributed by atoms with Gasteiger partial charge in [0.15, 0.2) is 15.0 Å².